The van der Waals surface area contributed by atoms with Gasteiger partial charge in [0.15, 0.2) is 0 Å². The summed E-state index contributed by atoms with van der Waals surface area (Å²) in [5, 5.41) is 0.244. The van der Waals surface area contributed by atoms with Gasteiger partial charge in [0.2, 0.25) is 0 Å². The molecule has 1 aromatic heterocycles. The molecular formula is C19H12Cl3N3O2S. The molecule has 0 aliphatic carbocycles. The second kappa shape index (κ2) is 7.29. The third-order valence-corrected chi connectivity index (χ3v) is 6.63. The number of hydrogen-bond acceptors (Lipinski definition) is 3. The molecule has 0 saturated heterocycles. The van der Waals surface area contributed by atoms with E-state index in [1.54, 1.807) is 24.3 Å². The number of sulfonamides is 1. The van der Waals surface area contributed by atoms with Crippen molar-refractivity contribution in [1.82, 2.24) is 9.97 Å². The lowest BCUT2D eigenvalue weighted by molar-refractivity contribution is 0.601. The van der Waals surface area contributed by atoms with Crippen LogP contribution < -0.4 is 4.72 Å². The van der Waals surface area contributed by atoms with Gasteiger partial charge in [-0.15, -0.1) is 0 Å². The van der Waals surface area contributed by atoms with Crippen LogP contribution in [0.3, 0.4) is 0 Å². The Hall–Kier alpha value is -2.25. The van der Waals surface area contributed by atoms with Gasteiger partial charge in [-0.05, 0) is 36.4 Å². The Morgan fingerprint density at radius 1 is 0.857 bits per heavy atom. The first-order valence-electron chi connectivity index (χ1n) is 8.07. The van der Waals surface area contributed by atoms with E-state index in [1.165, 1.54) is 12.1 Å². The van der Waals surface area contributed by atoms with Gasteiger partial charge in [0.05, 0.1) is 31.8 Å². The molecule has 0 spiro atoms. The van der Waals surface area contributed by atoms with Crippen LogP contribution in [0.1, 0.15) is 0 Å². The van der Waals surface area contributed by atoms with Gasteiger partial charge in [0, 0.05) is 5.56 Å². The number of H-pyrrole nitrogens is 1. The first kappa shape index (κ1) is 19.1. The van der Waals surface area contributed by atoms with E-state index >= 15 is 0 Å². The maximum absolute atomic E-state index is 12.9. The number of halogens is 3. The van der Waals surface area contributed by atoms with Crippen molar-refractivity contribution >= 4 is 61.5 Å². The van der Waals surface area contributed by atoms with Gasteiger partial charge < -0.3 is 4.98 Å². The van der Waals surface area contributed by atoms with Crippen molar-refractivity contribution in [3.63, 3.8) is 0 Å². The number of anilines is 1. The Morgan fingerprint density at radius 2 is 1.54 bits per heavy atom. The van der Waals surface area contributed by atoms with Crippen LogP contribution in [0.4, 0.5) is 5.69 Å². The van der Waals surface area contributed by atoms with Crippen molar-refractivity contribution < 1.29 is 8.42 Å². The average molecular weight is 453 g/mol. The van der Waals surface area contributed by atoms with Crippen molar-refractivity contribution in [2.24, 2.45) is 0 Å². The zero-order chi connectivity index (χ0) is 19.9. The SMILES string of the molecule is O=S(=O)(Nc1ccccc1-c1nc2ccccc2[nH]1)c1cc(Cl)c(Cl)cc1Cl. The van der Waals surface area contributed by atoms with Crippen LogP contribution in [0.15, 0.2) is 65.6 Å². The average Bonchev–Trinajstić information content (AvgIpc) is 3.08. The predicted octanol–water partition coefficient (Wildman–Crippen LogP) is 5.99. The Labute approximate surface area is 176 Å². The highest BCUT2D eigenvalue weighted by molar-refractivity contribution is 7.92. The molecule has 9 heteroatoms. The van der Waals surface area contributed by atoms with Crippen molar-refractivity contribution in [1.29, 1.82) is 0 Å². The van der Waals surface area contributed by atoms with Crippen molar-refractivity contribution in [3.8, 4) is 11.4 Å². The van der Waals surface area contributed by atoms with Crippen LogP contribution in [0.25, 0.3) is 22.4 Å². The summed E-state index contributed by atoms with van der Waals surface area (Å²) in [7, 11) is -4.01. The fraction of sp³-hybridized carbons (Fsp3) is 0. The molecule has 3 aromatic carbocycles. The minimum absolute atomic E-state index is 0.0249. The monoisotopic (exact) mass is 451 g/mol. The van der Waals surface area contributed by atoms with Crippen LogP contribution in [-0.2, 0) is 10.0 Å². The van der Waals surface area contributed by atoms with E-state index < -0.39 is 10.0 Å². The number of nitrogens with one attached hydrogen (secondary N) is 2. The van der Waals surface area contributed by atoms with Crippen LogP contribution in [0.5, 0.6) is 0 Å². The highest BCUT2D eigenvalue weighted by atomic mass is 35.5. The summed E-state index contributed by atoms with van der Waals surface area (Å²) < 4.78 is 28.4. The minimum Gasteiger partial charge on any atom is -0.338 e. The van der Waals surface area contributed by atoms with Crippen molar-refractivity contribution in [3.05, 3.63) is 75.7 Å². The molecule has 0 aliphatic rings. The standard InChI is InChI=1S/C19H12Cl3N3O2S/c20-12-9-14(22)18(10-13(12)21)28(26,27)25-15-6-2-1-5-11(15)19-23-16-7-3-4-8-17(16)24-19/h1-10,25H,(H,23,24). The number of fused-ring (bicyclic) bond motifs is 1. The molecule has 0 unspecified atom stereocenters. The molecule has 0 fully saturated rings. The fourth-order valence-electron chi connectivity index (χ4n) is 2.77. The molecule has 28 heavy (non-hydrogen) atoms. The van der Waals surface area contributed by atoms with Gasteiger partial charge in [-0.2, -0.15) is 0 Å². The van der Waals surface area contributed by atoms with Gasteiger partial charge in [0.1, 0.15) is 10.7 Å². The van der Waals surface area contributed by atoms with E-state index in [4.69, 9.17) is 34.8 Å². The van der Waals surface area contributed by atoms with Crippen LogP contribution in [0, 0.1) is 0 Å². The molecule has 0 amide bonds. The van der Waals surface area contributed by atoms with E-state index in [2.05, 4.69) is 14.7 Å². The number of para-hydroxylation sites is 3. The fourth-order valence-corrected chi connectivity index (χ4v) is 4.85. The number of imidazole rings is 1. The molecule has 2 N–H and O–H groups in total. The number of rotatable bonds is 4. The summed E-state index contributed by atoms with van der Waals surface area (Å²) >= 11 is 17.9. The van der Waals surface area contributed by atoms with Gasteiger partial charge in [-0.25, -0.2) is 13.4 Å². The van der Waals surface area contributed by atoms with Crippen molar-refractivity contribution in [2.75, 3.05) is 4.72 Å². The molecule has 0 atom stereocenters. The maximum atomic E-state index is 12.9. The molecule has 5 nitrogen and oxygen atoms in total. The molecular weight excluding hydrogens is 441 g/mol. The second-order valence-corrected chi connectivity index (χ2v) is 8.82. The van der Waals surface area contributed by atoms with E-state index in [-0.39, 0.29) is 20.0 Å². The highest BCUT2D eigenvalue weighted by Gasteiger charge is 2.22. The molecule has 0 aliphatic heterocycles. The molecule has 0 saturated carbocycles. The smallest absolute Gasteiger partial charge is 0.263 e. The Balaban J connectivity index is 1.78. The van der Waals surface area contributed by atoms with Gasteiger partial charge >= 0.3 is 0 Å². The first-order valence-corrected chi connectivity index (χ1v) is 10.7. The number of nitrogens with zero attached hydrogens (tertiary/aromatic N) is 1. The third kappa shape index (κ3) is 3.56. The summed E-state index contributed by atoms with van der Waals surface area (Å²) in [6.45, 7) is 0. The van der Waals surface area contributed by atoms with E-state index in [1.807, 2.05) is 24.3 Å². The number of benzene rings is 3. The maximum Gasteiger partial charge on any atom is 0.263 e. The molecule has 0 bridgehead atoms. The van der Waals surface area contributed by atoms with E-state index in [0.29, 0.717) is 17.1 Å². The van der Waals surface area contributed by atoms with Crippen molar-refractivity contribution in [2.45, 2.75) is 4.90 Å². The van der Waals surface area contributed by atoms with Crippen LogP contribution in [0.2, 0.25) is 15.1 Å². The predicted molar refractivity (Wildman–Crippen MR) is 114 cm³/mol. The summed E-state index contributed by atoms with van der Waals surface area (Å²) in [5.74, 6) is 0.541. The lowest BCUT2D eigenvalue weighted by atomic mass is 10.2. The minimum atomic E-state index is -4.01. The first-order chi connectivity index (χ1) is 13.3. The Bertz CT molecular complexity index is 1270. The molecule has 142 valence electrons. The topological polar surface area (TPSA) is 74.8 Å². The lowest BCUT2D eigenvalue weighted by Gasteiger charge is -2.13. The molecule has 1 heterocycles. The second-order valence-electron chi connectivity index (χ2n) is 5.95. The Morgan fingerprint density at radius 3 is 2.32 bits per heavy atom. The van der Waals surface area contributed by atoms with E-state index in [0.717, 1.165) is 11.0 Å². The third-order valence-electron chi connectivity index (χ3n) is 4.08. The largest absolute Gasteiger partial charge is 0.338 e. The lowest BCUT2D eigenvalue weighted by Crippen LogP contribution is -2.14. The number of aromatic nitrogens is 2. The molecule has 4 aromatic rings. The van der Waals surface area contributed by atoms with Gasteiger partial charge in [-0.3, -0.25) is 4.72 Å². The van der Waals surface area contributed by atoms with Gasteiger partial charge in [0.25, 0.3) is 10.0 Å². The number of hydrogen-bond donors (Lipinski definition) is 2. The molecule has 4 rings (SSSR count). The quantitative estimate of drug-likeness (QED) is 0.373. The zero-order valence-corrected chi connectivity index (χ0v) is 17.2. The number of aromatic amines is 1. The summed E-state index contributed by atoms with van der Waals surface area (Å²) in [4.78, 5) is 7.57. The summed E-state index contributed by atoms with van der Waals surface area (Å²) in [5.41, 5.74) is 2.58. The highest BCUT2D eigenvalue weighted by Crippen LogP contribution is 2.34. The van der Waals surface area contributed by atoms with Crippen LogP contribution >= 0.6 is 34.8 Å². The van der Waals surface area contributed by atoms with Gasteiger partial charge in [-0.1, -0.05) is 59.1 Å². The van der Waals surface area contributed by atoms with Crippen LogP contribution in [-0.4, -0.2) is 18.4 Å². The normalized spacial score (nSPS) is 11.7. The molecule has 0 radical (unpaired) electrons. The zero-order valence-electron chi connectivity index (χ0n) is 14.1. The summed E-state index contributed by atoms with van der Waals surface area (Å²) in [6, 6.07) is 17.0. The summed E-state index contributed by atoms with van der Waals surface area (Å²) in [6.07, 6.45) is 0. The Kier molecular flexibility index (Phi) is 4.97. The van der Waals surface area contributed by atoms with E-state index in [9.17, 15) is 8.42 Å².